The van der Waals surface area contributed by atoms with Gasteiger partial charge in [0.1, 0.15) is 18.8 Å². The van der Waals surface area contributed by atoms with Crippen molar-refractivity contribution in [3.63, 3.8) is 0 Å². The Kier molecular flexibility index (Phi) is 4.18. The highest BCUT2D eigenvalue weighted by Crippen LogP contribution is 2.22. The van der Waals surface area contributed by atoms with Gasteiger partial charge in [0.2, 0.25) is 0 Å². The van der Waals surface area contributed by atoms with Gasteiger partial charge in [-0.2, -0.15) is 5.10 Å². The molecule has 6 heteroatoms. The number of hydrogen-bond acceptors (Lipinski definition) is 3. The molecule has 2 aromatic rings. The maximum atomic E-state index is 13.8. The fourth-order valence-corrected chi connectivity index (χ4v) is 2.89. The Hall–Kier alpha value is -2.24. The van der Waals surface area contributed by atoms with Crippen LogP contribution in [0.5, 0.6) is 0 Å². The minimum Gasteiger partial charge on any atom is -0.346 e. The van der Waals surface area contributed by atoms with Crippen molar-refractivity contribution in [3.05, 3.63) is 42.0 Å². The highest BCUT2D eigenvalue weighted by Gasteiger charge is 2.26. The first-order valence-electron chi connectivity index (χ1n) is 7.56. The quantitative estimate of drug-likeness (QED) is 0.948. The molecule has 1 amide bonds. The molecule has 1 aliphatic rings. The normalized spacial score (nSPS) is 21.5. The van der Waals surface area contributed by atoms with E-state index in [4.69, 9.17) is 0 Å². The van der Waals surface area contributed by atoms with E-state index in [1.54, 1.807) is 23.1 Å². The maximum Gasteiger partial charge on any atom is 0.251 e. The van der Waals surface area contributed by atoms with Gasteiger partial charge in [0.05, 0.1) is 11.7 Å². The number of aromatic nitrogens is 3. The van der Waals surface area contributed by atoms with E-state index < -0.39 is 6.17 Å². The molecule has 5 nitrogen and oxygen atoms in total. The summed E-state index contributed by atoms with van der Waals surface area (Å²) in [6.07, 6.45) is 5.25. The molecule has 2 atom stereocenters. The number of hydrogen-bond donors (Lipinski definition) is 1. The Morgan fingerprint density at radius 1 is 1.36 bits per heavy atom. The molecule has 0 radical (unpaired) electrons. The lowest BCUT2D eigenvalue weighted by Gasteiger charge is -2.26. The van der Waals surface area contributed by atoms with Crippen LogP contribution in [0.15, 0.2) is 30.9 Å². The number of carbonyl (C=O) groups is 1. The Labute approximate surface area is 128 Å². The van der Waals surface area contributed by atoms with Crippen LogP contribution in [-0.4, -0.2) is 32.9 Å². The Morgan fingerprint density at radius 2 is 2.18 bits per heavy atom. The molecular weight excluding hydrogens is 283 g/mol. The number of benzene rings is 1. The van der Waals surface area contributed by atoms with Gasteiger partial charge in [-0.05, 0) is 43.5 Å². The van der Waals surface area contributed by atoms with Crippen LogP contribution in [0.4, 0.5) is 4.39 Å². The second kappa shape index (κ2) is 6.25. The first-order chi connectivity index (χ1) is 10.6. The topological polar surface area (TPSA) is 59.8 Å². The number of alkyl halides is 1. The summed E-state index contributed by atoms with van der Waals surface area (Å²) in [5, 5.41) is 6.90. The van der Waals surface area contributed by atoms with Crippen LogP contribution in [-0.2, 0) is 0 Å². The highest BCUT2D eigenvalue weighted by atomic mass is 19.1. The smallest absolute Gasteiger partial charge is 0.251 e. The number of rotatable bonds is 3. The number of aryl methyl sites for hydroxylation is 1. The summed E-state index contributed by atoms with van der Waals surface area (Å²) in [7, 11) is 0. The van der Waals surface area contributed by atoms with Crippen molar-refractivity contribution in [3.8, 4) is 5.69 Å². The van der Waals surface area contributed by atoms with Crippen molar-refractivity contribution in [1.29, 1.82) is 0 Å². The van der Waals surface area contributed by atoms with Crippen molar-refractivity contribution in [1.82, 2.24) is 20.1 Å². The molecule has 0 unspecified atom stereocenters. The molecule has 1 aromatic carbocycles. The van der Waals surface area contributed by atoms with Gasteiger partial charge < -0.3 is 5.32 Å². The fraction of sp³-hybridized carbons (Fsp3) is 0.438. The molecule has 116 valence electrons. The minimum atomic E-state index is -0.937. The summed E-state index contributed by atoms with van der Waals surface area (Å²) in [6, 6.07) is 4.99. The van der Waals surface area contributed by atoms with E-state index >= 15 is 0 Å². The first-order valence-corrected chi connectivity index (χ1v) is 7.56. The maximum absolute atomic E-state index is 13.8. The molecular formula is C16H19FN4O. The lowest BCUT2D eigenvalue weighted by Crippen LogP contribution is -2.43. The van der Waals surface area contributed by atoms with E-state index in [1.807, 2.05) is 13.0 Å². The first kappa shape index (κ1) is 14.7. The Balaban J connectivity index is 1.74. The zero-order valence-electron chi connectivity index (χ0n) is 12.5. The SMILES string of the molecule is Cc1cc(C(=O)N[C@@H]2CCCC[C@H]2F)ccc1-n1cncn1. The van der Waals surface area contributed by atoms with E-state index in [1.165, 1.54) is 6.33 Å². The van der Waals surface area contributed by atoms with Gasteiger partial charge in [-0.15, -0.1) is 0 Å². The molecule has 1 aromatic heterocycles. The van der Waals surface area contributed by atoms with Gasteiger partial charge in [0.15, 0.2) is 0 Å². The zero-order chi connectivity index (χ0) is 15.5. The number of carbonyl (C=O) groups excluding carboxylic acids is 1. The summed E-state index contributed by atoms with van der Waals surface area (Å²) in [4.78, 5) is 16.2. The average molecular weight is 302 g/mol. The lowest BCUT2D eigenvalue weighted by atomic mass is 9.93. The molecule has 1 N–H and O–H groups in total. The summed E-state index contributed by atoms with van der Waals surface area (Å²) in [6.45, 7) is 1.91. The molecule has 1 aliphatic carbocycles. The zero-order valence-corrected chi connectivity index (χ0v) is 12.5. The monoisotopic (exact) mass is 302 g/mol. The Bertz CT molecular complexity index is 656. The van der Waals surface area contributed by atoms with Gasteiger partial charge >= 0.3 is 0 Å². The molecule has 1 saturated carbocycles. The predicted octanol–water partition coefficient (Wildman–Crippen LogP) is 2.59. The summed E-state index contributed by atoms with van der Waals surface area (Å²) in [5.41, 5.74) is 2.33. The van der Waals surface area contributed by atoms with E-state index in [9.17, 15) is 9.18 Å². The number of nitrogens with one attached hydrogen (secondary N) is 1. The number of halogens is 1. The summed E-state index contributed by atoms with van der Waals surface area (Å²) >= 11 is 0. The number of amides is 1. The molecule has 0 saturated heterocycles. The van der Waals surface area contributed by atoms with Gasteiger partial charge in [-0.25, -0.2) is 14.1 Å². The minimum absolute atomic E-state index is 0.220. The average Bonchev–Trinajstić information content (AvgIpc) is 3.03. The van der Waals surface area contributed by atoms with Gasteiger partial charge in [0, 0.05) is 5.56 Å². The van der Waals surface area contributed by atoms with Gasteiger partial charge in [0.25, 0.3) is 5.91 Å². The van der Waals surface area contributed by atoms with Crippen LogP contribution in [0.2, 0.25) is 0 Å². The van der Waals surface area contributed by atoms with E-state index in [-0.39, 0.29) is 11.9 Å². The standard InChI is InChI=1S/C16H19FN4O/c1-11-8-12(6-7-15(11)21-10-18-9-19-21)16(22)20-14-5-3-2-4-13(14)17/h6-10,13-14H,2-5H2,1H3,(H,20,22)/t13-,14-/m1/s1. The van der Waals surface area contributed by atoms with Crippen LogP contribution in [0, 0.1) is 6.92 Å². The van der Waals surface area contributed by atoms with Crippen molar-refractivity contribution >= 4 is 5.91 Å². The second-order valence-electron chi connectivity index (χ2n) is 5.72. The van der Waals surface area contributed by atoms with Crippen molar-refractivity contribution in [2.75, 3.05) is 0 Å². The van der Waals surface area contributed by atoms with E-state index in [2.05, 4.69) is 15.4 Å². The largest absolute Gasteiger partial charge is 0.346 e. The molecule has 0 bridgehead atoms. The number of nitrogens with zero attached hydrogens (tertiary/aromatic N) is 3. The molecule has 3 rings (SSSR count). The van der Waals surface area contributed by atoms with Crippen LogP contribution in [0.1, 0.15) is 41.6 Å². The third-order valence-corrected chi connectivity index (χ3v) is 4.12. The summed E-state index contributed by atoms with van der Waals surface area (Å²) in [5.74, 6) is -0.220. The molecule has 1 heterocycles. The third-order valence-electron chi connectivity index (χ3n) is 4.12. The van der Waals surface area contributed by atoms with Gasteiger partial charge in [-0.1, -0.05) is 12.8 Å². The van der Waals surface area contributed by atoms with E-state index in [0.29, 0.717) is 18.4 Å². The Morgan fingerprint density at radius 3 is 2.86 bits per heavy atom. The molecule has 0 spiro atoms. The molecule has 1 fully saturated rings. The van der Waals surface area contributed by atoms with Crippen LogP contribution in [0.3, 0.4) is 0 Å². The van der Waals surface area contributed by atoms with Crippen molar-refractivity contribution < 1.29 is 9.18 Å². The van der Waals surface area contributed by atoms with Crippen molar-refractivity contribution in [2.45, 2.75) is 44.8 Å². The lowest BCUT2D eigenvalue weighted by molar-refractivity contribution is 0.0884. The highest BCUT2D eigenvalue weighted by molar-refractivity contribution is 5.94. The fourth-order valence-electron chi connectivity index (χ4n) is 2.89. The van der Waals surface area contributed by atoms with Crippen LogP contribution in [0.25, 0.3) is 5.69 Å². The van der Waals surface area contributed by atoms with E-state index in [0.717, 1.165) is 24.1 Å². The van der Waals surface area contributed by atoms with Crippen LogP contribution < -0.4 is 5.32 Å². The van der Waals surface area contributed by atoms with Gasteiger partial charge in [-0.3, -0.25) is 4.79 Å². The molecule has 0 aliphatic heterocycles. The third kappa shape index (κ3) is 3.00. The predicted molar refractivity (Wildman–Crippen MR) is 80.7 cm³/mol. The molecule has 22 heavy (non-hydrogen) atoms. The van der Waals surface area contributed by atoms with Crippen molar-refractivity contribution in [2.24, 2.45) is 0 Å². The second-order valence-corrected chi connectivity index (χ2v) is 5.72. The van der Waals surface area contributed by atoms with Crippen LogP contribution >= 0.6 is 0 Å². The summed E-state index contributed by atoms with van der Waals surface area (Å²) < 4.78 is 15.5.